The molecule has 79 heavy (non-hydrogen) atoms. The zero-order chi connectivity index (χ0) is 57.1. The van der Waals surface area contributed by atoms with Gasteiger partial charge in [-0.1, -0.05) is 311 Å². The van der Waals surface area contributed by atoms with Gasteiger partial charge in [0.05, 0.1) is 0 Å². The van der Waals surface area contributed by atoms with Crippen molar-refractivity contribution in [1.29, 1.82) is 0 Å². The van der Waals surface area contributed by atoms with Crippen LogP contribution in [0.15, 0.2) is 97.2 Å². The molecule has 0 bridgehead atoms. The van der Waals surface area contributed by atoms with Crippen LogP contribution in [-0.2, 0) is 28.6 Å². The van der Waals surface area contributed by atoms with E-state index in [2.05, 4.69) is 118 Å². The highest BCUT2D eigenvalue weighted by atomic mass is 16.6. The third-order valence-electron chi connectivity index (χ3n) is 14.6. The van der Waals surface area contributed by atoms with Crippen molar-refractivity contribution in [2.75, 3.05) is 13.2 Å². The molecule has 0 rings (SSSR count). The van der Waals surface area contributed by atoms with Crippen LogP contribution in [0.5, 0.6) is 0 Å². The van der Waals surface area contributed by atoms with Gasteiger partial charge in [0.2, 0.25) is 0 Å². The molecule has 0 aromatic rings. The molecule has 0 N–H and O–H groups in total. The molecule has 0 aliphatic carbocycles. The van der Waals surface area contributed by atoms with Crippen molar-refractivity contribution in [3.63, 3.8) is 0 Å². The minimum atomic E-state index is -0.778. The Kier molecular flexibility index (Phi) is 63.7. The zero-order valence-electron chi connectivity index (χ0n) is 52.1. The Morgan fingerprint density at radius 2 is 0.494 bits per heavy atom. The molecule has 0 saturated carbocycles. The first-order valence-electron chi connectivity index (χ1n) is 33.7. The van der Waals surface area contributed by atoms with E-state index < -0.39 is 6.10 Å². The Balaban J connectivity index is 4.03. The predicted octanol–water partition coefficient (Wildman–Crippen LogP) is 23.2. The van der Waals surface area contributed by atoms with Crippen LogP contribution < -0.4 is 0 Å². The van der Waals surface area contributed by atoms with Crippen LogP contribution in [-0.4, -0.2) is 37.2 Å². The second kappa shape index (κ2) is 66.8. The number of esters is 3. The van der Waals surface area contributed by atoms with Gasteiger partial charge in [0.15, 0.2) is 6.10 Å². The fourth-order valence-electron chi connectivity index (χ4n) is 9.60. The lowest BCUT2D eigenvalue weighted by Crippen LogP contribution is -2.30. The molecule has 0 aliphatic heterocycles. The van der Waals surface area contributed by atoms with Gasteiger partial charge < -0.3 is 14.2 Å². The SMILES string of the molecule is CC/C=C\C/C=C\C/C=C\C/C=C\CCCCCCCCCCCCCCCCCCCCCCC(=O)OCC(COC(=O)CCCCCCCCC)OC(=O)CCCCCCCCCC/C=C\C/C=C\C/C=C\C/C=C\CC. The first-order valence-corrected chi connectivity index (χ1v) is 33.7. The van der Waals surface area contributed by atoms with Crippen molar-refractivity contribution < 1.29 is 28.6 Å². The van der Waals surface area contributed by atoms with E-state index in [-0.39, 0.29) is 31.1 Å². The summed E-state index contributed by atoms with van der Waals surface area (Å²) in [7, 11) is 0. The van der Waals surface area contributed by atoms with Crippen molar-refractivity contribution in [3.8, 4) is 0 Å². The molecular formula is C73H126O6. The topological polar surface area (TPSA) is 78.9 Å². The quantitative estimate of drug-likeness (QED) is 0.0261. The van der Waals surface area contributed by atoms with Gasteiger partial charge in [-0.3, -0.25) is 14.4 Å². The highest BCUT2D eigenvalue weighted by Crippen LogP contribution is 2.17. The average Bonchev–Trinajstić information content (AvgIpc) is 3.45. The number of ether oxygens (including phenoxy) is 3. The minimum absolute atomic E-state index is 0.0765. The molecule has 0 radical (unpaired) electrons. The van der Waals surface area contributed by atoms with Gasteiger partial charge in [-0.25, -0.2) is 0 Å². The third kappa shape index (κ3) is 65.0. The predicted molar refractivity (Wildman–Crippen MR) is 344 cm³/mol. The van der Waals surface area contributed by atoms with Crippen LogP contribution in [0.4, 0.5) is 0 Å². The van der Waals surface area contributed by atoms with Crippen LogP contribution in [0.1, 0.15) is 329 Å². The maximum atomic E-state index is 12.9. The van der Waals surface area contributed by atoms with Crippen molar-refractivity contribution in [2.45, 2.75) is 335 Å². The summed E-state index contributed by atoms with van der Waals surface area (Å²) in [5.74, 6) is -0.878. The molecule has 6 nitrogen and oxygen atoms in total. The highest BCUT2D eigenvalue weighted by Gasteiger charge is 2.19. The van der Waals surface area contributed by atoms with Crippen LogP contribution in [0, 0.1) is 0 Å². The second-order valence-electron chi connectivity index (χ2n) is 22.3. The highest BCUT2D eigenvalue weighted by molar-refractivity contribution is 5.71. The largest absolute Gasteiger partial charge is 0.462 e. The number of hydrogen-bond acceptors (Lipinski definition) is 6. The summed E-state index contributed by atoms with van der Waals surface area (Å²) in [6.45, 7) is 6.40. The van der Waals surface area contributed by atoms with E-state index in [1.165, 1.54) is 173 Å². The summed E-state index contributed by atoms with van der Waals surface area (Å²) in [5, 5.41) is 0. The van der Waals surface area contributed by atoms with Crippen molar-refractivity contribution in [1.82, 2.24) is 0 Å². The fraction of sp³-hybridized carbons (Fsp3) is 0.740. The molecule has 0 saturated heterocycles. The molecule has 6 heteroatoms. The number of carbonyl (C=O) groups is 3. The Labute approximate surface area is 489 Å². The third-order valence-corrected chi connectivity index (χ3v) is 14.6. The smallest absolute Gasteiger partial charge is 0.306 e. The normalized spacial score (nSPS) is 12.7. The van der Waals surface area contributed by atoms with Gasteiger partial charge in [-0.2, -0.15) is 0 Å². The lowest BCUT2D eigenvalue weighted by Gasteiger charge is -2.18. The standard InChI is InChI=1S/C73H126O6/c1-4-7-10-13-16-18-20-22-24-26-28-30-31-32-33-34-35-36-37-38-39-40-41-43-44-46-48-50-52-54-57-60-63-66-72(75)78-69-70(68-77-71(74)65-62-59-56-15-12-9-6-3)79-73(76)67-64-61-58-55-53-51-49-47-45-42-29-27-25-23-21-19-17-14-11-8-5-2/h7-8,10-11,16-19,22-25,28-30,42,70H,4-6,9,12-15,20-21,26-27,31-41,43-69H2,1-3H3/b10-7-,11-8-,18-16-,19-17-,24-22-,25-23-,30-28-,42-29-. The average molecular weight is 1100 g/mol. The van der Waals surface area contributed by atoms with E-state index >= 15 is 0 Å². The van der Waals surface area contributed by atoms with Gasteiger partial charge in [0.25, 0.3) is 0 Å². The maximum absolute atomic E-state index is 12.9. The van der Waals surface area contributed by atoms with E-state index in [1.54, 1.807) is 0 Å². The van der Waals surface area contributed by atoms with Crippen LogP contribution in [0.3, 0.4) is 0 Å². The van der Waals surface area contributed by atoms with E-state index in [1.807, 2.05) is 0 Å². The Hall–Kier alpha value is -3.67. The molecule has 0 amide bonds. The fourth-order valence-corrected chi connectivity index (χ4v) is 9.60. The molecule has 1 unspecified atom stereocenters. The Morgan fingerprint density at radius 1 is 0.266 bits per heavy atom. The first-order chi connectivity index (χ1) is 39.0. The number of unbranched alkanes of at least 4 members (excludes halogenated alkanes) is 34. The Morgan fingerprint density at radius 3 is 0.772 bits per heavy atom. The molecule has 0 spiro atoms. The van der Waals surface area contributed by atoms with Gasteiger partial charge >= 0.3 is 17.9 Å². The number of hydrogen-bond donors (Lipinski definition) is 0. The van der Waals surface area contributed by atoms with Gasteiger partial charge in [0, 0.05) is 19.3 Å². The summed E-state index contributed by atoms with van der Waals surface area (Å²) in [6.07, 6.45) is 90.3. The molecule has 1 atom stereocenters. The van der Waals surface area contributed by atoms with Crippen LogP contribution in [0.25, 0.3) is 0 Å². The molecule has 0 fully saturated rings. The number of allylic oxidation sites excluding steroid dienone is 16. The minimum Gasteiger partial charge on any atom is -0.462 e. The molecule has 0 aromatic heterocycles. The van der Waals surface area contributed by atoms with Crippen molar-refractivity contribution in [3.05, 3.63) is 97.2 Å². The summed E-state index contributed by atoms with van der Waals surface area (Å²) < 4.78 is 16.9. The summed E-state index contributed by atoms with van der Waals surface area (Å²) >= 11 is 0. The summed E-state index contributed by atoms with van der Waals surface area (Å²) in [4.78, 5) is 38.1. The molecule has 454 valence electrons. The number of carbonyl (C=O) groups excluding carboxylic acids is 3. The van der Waals surface area contributed by atoms with Crippen LogP contribution in [0.2, 0.25) is 0 Å². The van der Waals surface area contributed by atoms with E-state index in [0.29, 0.717) is 19.3 Å². The van der Waals surface area contributed by atoms with E-state index in [9.17, 15) is 14.4 Å². The van der Waals surface area contributed by atoms with Crippen LogP contribution >= 0.6 is 0 Å². The monoisotopic (exact) mass is 1100 g/mol. The number of rotatable bonds is 61. The van der Waals surface area contributed by atoms with Gasteiger partial charge in [-0.05, 0) is 96.3 Å². The second-order valence-corrected chi connectivity index (χ2v) is 22.3. The summed E-state index contributed by atoms with van der Waals surface area (Å²) in [5.41, 5.74) is 0. The van der Waals surface area contributed by atoms with Crippen molar-refractivity contribution in [2.24, 2.45) is 0 Å². The van der Waals surface area contributed by atoms with Gasteiger partial charge in [0.1, 0.15) is 13.2 Å². The lowest BCUT2D eigenvalue weighted by molar-refractivity contribution is -0.167. The van der Waals surface area contributed by atoms with E-state index in [4.69, 9.17) is 14.2 Å². The maximum Gasteiger partial charge on any atom is 0.306 e. The molecule has 0 aromatic carbocycles. The summed E-state index contributed by atoms with van der Waals surface area (Å²) in [6, 6.07) is 0. The molecular weight excluding hydrogens is 973 g/mol. The Bertz CT molecular complexity index is 1540. The molecule has 0 aliphatic rings. The van der Waals surface area contributed by atoms with Crippen molar-refractivity contribution >= 4 is 17.9 Å². The molecule has 0 heterocycles. The van der Waals surface area contributed by atoms with Gasteiger partial charge in [-0.15, -0.1) is 0 Å². The zero-order valence-corrected chi connectivity index (χ0v) is 52.1. The van der Waals surface area contributed by atoms with E-state index in [0.717, 1.165) is 116 Å². The lowest BCUT2D eigenvalue weighted by atomic mass is 10.0. The first kappa shape index (κ1) is 75.3.